The summed E-state index contributed by atoms with van der Waals surface area (Å²) in [4.78, 5) is 11.4. The number of carbonyl (C=O) groups excluding carboxylic acids is 1. The maximum atomic E-state index is 11.4. The summed E-state index contributed by atoms with van der Waals surface area (Å²) in [6, 6.07) is 6.16. The lowest BCUT2D eigenvalue weighted by Crippen LogP contribution is -2.31. The van der Waals surface area contributed by atoms with Crippen molar-refractivity contribution >= 4 is 17.3 Å². The molecule has 0 radical (unpaired) electrons. The van der Waals surface area contributed by atoms with Crippen LogP contribution in [-0.4, -0.2) is 18.5 Å². The molecule has 1 aliphatic carbocycles. The SMILES string of the molecule is Cc1cccc(NCC(=O)NC2CC2)c1N. The maximum Gasteiger partial charge on any atom is 0.239 e. The lowest BCUT2D eigenvalue weighted by atomic mass is 10.2. The van der Waals surface area contributed by atoms with Crippen molar-refractivity contribution in [1.29, 1.82) is 0 Å². The minimum absolute atomic E-state index is 0.0309. The molecule has 0 atom stereocenters. The average molecular weight is 219 g/mol. The zero-order valence-electron chi connectivity index (χ0n) is 9.42. The molecule has 1 fully saturated rings. The van der Waals surface area contributed by atoms with Crippen LogP contribution < -0.4 is 16.4 Å². The van der Waals surface area contributed by atoms with Crippen molar-refractivity contribution in [2.45, 2.75) is 25.8 Å². The molecule has 0 bridgehead atoms. The second-order valence-corrected chi connectivity index (χ2v) is 4.23. The minimum Gasteiger partial charge on any atom is -0.397 e. The first-order valence-electron chi connectivity index (χ1n) is 5.55. The number of para-hydroxylation sites is 1. The zero-order chi connectivity index (χ0) is 11.5. The molecule has 4 N–H and O–H groups in total. The highest BCUT2D eigenvalue weighted by Crippen LogP contribution is 2.21. The van der Waals surface area contributed by atoms with Crippen LogP contribution >= 0.6 is 0 Å². The molecule has 4 heteroatoms. The van der Waals surface area contributed by atoms with E-state index in [0.717, 1.165) is 24.1 Å². The van der Waals surface area contributed by atoms with Crippen molar-refractivity contribution in [3.05, 3.63) is 23.8 Å². The van der Waals surface area contributed by atoms with E-state index in [2.05, 4.69) is 10.6 Å². The molecule has 1 amide bonds. The predicted octanol–water partition coefficient (Wildman–Crippen LogP) is 1.27. The van der Waals surface area contributed by atoms with Crippen LogP contribution in [0, 0.1) is 6.92 Å². The summed E-state index contributed by atoms with van der Waals surface area (Å²) in [6.45, 7) is 2.23. The Morgan fingerprint density at radius 1 is 1.50 bits per heavy atom. The zero-order valence-corrected chi connectivity index (χ0v) is 9.42. The van der Waals surface area contributed by atoms with Gasteiger partial charge in [-0.1, -0.05) is 12.1 Å². The summed E-state index contributed by atoms with van der Waals surface area (Å²) >= 11 is 0. The molecule has 0 saturated heterocycles. The number of aryl methyl sites for hydroxylation is 1. The molecule has 0 aliphatic heterocycles. The van der Waals surface area contributed by atoms with Crippen molar-refractivity contribution in [3.63, 3.8) is 0 Å². The molecule has 0 aromatic heterocycles. The Hall–Kier alpha value is -1.71. The summed E-state index contributed by atoms with van der Waals surface area (Å²) < 4.78 is 0. The second-order valence-electron chi connectivity index (χ2n) is 4.23. The first-order chi connectivity index (χ1) is 7.66. The van der Waals surface area contributed by atoms with E-state index in [1.165, 1.54) is 0 Å². The van der Waals surface area contributed by atoms with Gasteiger partial charge in [0.05, 0.1) is 17.9 Å². The molecule has 1 saturated carbocycles. The Morgan fingerprint density at radius 2 is 2.25 bits per heavy atom. The molecular formula is C12H17N3O. The lowest BCUT2D eigenvalue weighted by molar-refractivity contribution is -0.119. The van der Waals surface area contributed by atoms with Crippen molar-refractivity contribution in [3.8, 4) is 0 Å². The largest absolute Gasteiger partial charge is 0.397 e. The summed E-state index contributed by atoms with van der Waals surface area (Å²) in [5, 5.41) is 5.97. The highest BCUT2D eigenvalue weighted by molar-refractivity contribution is 5.83. The van der Waals surface area contributed by atoms with Gasteiger partial charge in [-0.05, 0) is 31.4 Å². The summed E-state index contributed by atoms with van der Waals surface area (Å²) in [5.41, 5.74) is 8.44. The van der Waals surface area contributed by atoms with E-state index < -0.39 is 0 Å². The van der Waals surface area contributed by atoms with Crippen molar-refractivity contribution in [2.75, 3.05) is 17.6 Å². The fourth-order valence-corrected chi connectivity index (χ4v) is 1.52. The minimum atomic E-state index is 0.0309. The Bertz CT molecular complexity index is 399. The highest BCUT2D eigenvalue weighted by Gasteiger charge is 2.22. The number of hydrogen-bond donors (Lipinski definition) is 3. The molecule has 2 rings (SSSR count). The van der Waals surface area contributed by atoms with Gasteiger partial charge in [0.15, 0.2) is 0 Å². The number of nitrogens with two attached hydrogens (primary N) is 1. The molecule has 1 aromatic rings. The summed E-state index contributed by atoms with van der Waals surface area (Å²) in [7, 11) is 0. The molecule has 86 valence electrons. The Morgan fingerprint density at radius 3 is 2.94 bits per heavy atom. The van der Waals surface area contributed by atoms with Gasteiger partial charge in [0.1, 0.15) is 0 Å². The molecular weight excluding hydrogens is 202 g/mol. The quantitative estimate of drug-likeness (QED) is 0.668. The smallest absolute Gasteiger partial charge is 0.239 e. The third-order valence-corrected chi connectivity index (χ3v) is 2.71. The van der Waals surface area contributed by atoms with E-state index >= 15 is 0 Å². The van der Waals surface area contributed by atoms with E-state index in [4.69, 9.17) is 5.73 Å². The van der Waals surface area contributed by atoms with E-state index in [1.54, 1.807) is 0 Å². The van der Waals surface area contributed by atoms with Crippen molar-refractivity contribution in [1.82, 2.24) is 5.32 Å². The van der Waals surface area contributed by atoms with Gasteiger partial charge >= 0.3 is 0 Å². The molecule has 16 heavy (non-hydrogen) atoms. The van der Waals surface area contributed by atoms with Crippen LogP contribution in [0.4, 0.5) is 11.4 Å². The van der Waals surface area contributed by atoms with Gasteiger partial charge < -0.3 is 16.4 Å². The Balaban J connectivity index is 1.88. The van der Waals surface area contributed by atoms with Gasteiger partial charge in [0.25, 0.3) is 0 Å². The van der Waals surface area contributed by atoms with Crippen LogP contribution in [-0.2, 0) is 4.79 Å². The van der Waals surface area contributed by atoms with Gasteiger partial charge in [-0.15, -0.1) is 0 Å². The summed E-state index contributed by atoms with van der Waals surface area (Å²) in [5.74, 6) is 0.0309. The fourth-order valence-electron chi connectivity index (χ4n) is 1.52. The number of nitrogen functional groups attached to an aromatic ring is 1. The van der Waals surface area contributed by atoms with E-state index in [9.17, 15) is 4.79 Å². The molecule has 0 unspecified atom stereocenters. The number of carbonyl (C=O) groups is 1. The normalized spacial score (nSPS) is 14.6. The monoisotopic (exact) mass is 219 g/mol. The molecule has 0 heterocycles. The van der Waals surface area contributed by atoms with Gasteiger partial charge in [0, 0.05) is 6.04 Å². The van der Waals surface area contributed by atoms with Crippen LogP contribution in [0.5, 0.6) is 0 Å². The van der Waals surface area contributed by atoms with E-state index in [-0.39, 0.29) is 12.5 Å². The number of amides is 1. The molecule has 4 nitrogen and oxygen atoms in total. The highest BCUT2D eigenvalue weighted by atomic mass is 16.2. The van der Waals surface area contributed by atoms with Gasteiger partial charge in [-0.3, -0.25) is 4.79 Å². The van der Waals surface area contributed by atoms with Gasteiger partial charge in [-0.2, -0.15) is 0 Å². The van der Waals surface area contributed by atoms with Crippen LogP contribution in [0.2, 0.25) is 0 Å². The van der Waals surface area contributed by atoms with Crippen LogP contribution in [0.15, 0.2) is 18.2 Å². The second kappa shape index (κ2) is 4.43. The Labute approximate surface area is 95.2 Å². The van der Waals surface area contributed by atoms with Gasteiger partial charge in [0.2, 0.25) is 5.91 Å². The first kappa shape index (κ1) is 10.8. The molecule has 0 spiro atoms. The number of benzene rings is 1. The number of anilines is 2. The Kier molecular flexibility index (Phi) is 2.99. The lowest BCUT2D eigenvalue weighted by Gasteiger charge is -2.10. The topological polar surface area (TPSA) is 67.2 Å². The third kappa shape index (κ3) is 2.66. The van der Waals surface area contributed by atoms with Crippen LogP contribution in [0.1, 0.15) is 18.4 Å². The average Bonchev–Trinajstić information content (AvgIpc) is 3.04. The van der Waals surface area contributed by atoms with E-state index in [1.807, 2.05) is 25.1 Å². The maximum absolute atomic E-state index is 11.4. The summed E-state index contributed by atoms with van der Waals surface area (Å²) in [6.07, 6.45) is 2.22. The predicted molar refractivity (Wildman–Crippen MR) is 65.2 cm³/mol. The van der Waals surface area contributed by atoms with Gasteiger partial charge in [-0.25, -0.2) is 0 Å². The third-order valence-electron chi connectivity index (χ3n) is 2.71. The standard InChI is InChI=1S/C12H17N3O/c1-8-3-2-4-10(12(8)13)14-7-11(16)15-9-5-6-9/h2-4,9,14H,5-7,13H2,1H3,(H,15,16). The number of nitrogens with one attached hydrogen (secondary N) is 2. The van der Waals surface area contributed by atoms with Crippen molar-refractivity contribution in [2.24, 2.45) is 0 Å². The first-order valence-corrected chi connectivity index (χ1v) is 5.55. The number of rotatable bonds is 4. The fraction of sp³-hybridized carbons (Fsp3) is 0.417. The molecule has 1 aliphatic rings. The van der Waals surface area contributed by atoms with Crippen molar-refractivity contribution < 1.29 is 4.79 Å². The van der Waals surface area contributed by atoms with E-state index in [0.29, 0.717) is 11.7 Å². The molecule has 1 aromatic carbocycles. The van der Waals surface area contributed by atoms with Crippen LogP contribution in [0.25, 0.3) is 0 Å². The van der Waals surface area contributed by atoms with Crippen LogP contribution in [0.3, 0.4) is 0 Å². The number of hydrogen-bond acceptors (Lipinski definition) is 3.